The van der Waals surface area contributed by atoms with E-state index in [-0.39, 0.29) is 6.61 Å². The van der Waals surface area contributed by atoms with Gasteiger partial charge in [-0.25, -0.2) is 14.5 Å². The Bertz CT molecular complexity index is 1170. The first-order chi connectivity index (χ1) is 14.5. The molecule has 3 aromatic heterocycles. The number of benzene rings is 1. The fourth-order valence-corrected chi connectivity index (χ4v) is 3.59. The highest BCUT2D eigenvalue weighted by Gasteiger charge is 2.17. The number of aromatic nitrogens is 5. The van der Waals surface area contributed by atoms with Crippen molar-refractivity contribution in [3.05, 3.63) is 59.3 Å². The molecule has 0 saturated heterocycles. The third kappa shape index (κ3) is 4.04. The van der Waals surface area contributed by atoms with Crippen LogP contribution in [-0.2, 0) is 18.0 Å². The van der Waals surface area contributed by atoms with Crippen LogP contribution in [0.15, 0.2) is 41.8 Å². The van der Waals surface area contributed by atoms with Crippen molar-refractivity contribution in [3.63, 3.8) is 0 Å². The van der Waals surface area contributed by atoms with E-state index in [2.05, 4.69) is 52.6 Å². The first-order valence-corrected chi connectivity index (χ1v) is 10.1. The highest BCUT2D eigenvalue weighted by atomic mass is 16.6. The highest BCUT2D eigenvalue weighted by molar-refractivity contribution is 5.93. The molecule has 8 nitrogen and oxygen atoms in total. The topological polar surface area (TPSA) is 72.8 Å². The van der Waals surface area contributed by atoms with E-state index < -0.39 is 0 Å². The molecule has 3 heterocycles. The number of hydrogen-bond acceptors (Lipinski definition) is 6. The van der Waals surface area contributed by atoms with Crippen LogP contribution in [0.1, 0.15) is 29.1 Å². The number of nitrogens with zero attached hydrogens (tertiary/aromatic N) is 7. The summed E-state index contributed by atoms with van der Waals surface area (Å²) in [7, 11) is 4.19. The van der Waals surface area contributed by atoms with Crippen LogP contribution in [0.5, 0.6) is 0 Å². The van der Waals surface area contributed by atoms with Crippen LogP contribution >= 0.6 is 0 Å². The summed E-state index contributed by atoms with van der Waals surface area (Å²) in [6, 6.07) is 9.81. The molecular formula is C22H27N7O. The van der Waals surface area contributed by atoms with Gasteiger partial charge in [0.1, 0.15) is 12.0 Å². The number of hydrogen-bond donors (Lipinski definition) is 0. The minimum atomic E-state index is 0.202. The van der Waals surface area contributed by atoms with Gasteiger partial charge in [-0.15, -0.1) is 5.10 Å². The summed E-state index contributed by atoms with van der Waals surface area (Å²) in [6.07, 6.45) is 4.47. The SMILES string of the molecule is Cc1c(C)n(CCCN(C)C)c2ncn3nc(CO/N=C\c4ccccc4)nc3c12. The zero-order valence-electron chi connectivity index (χ0n) is 17.9. The zero-order chi connectivity index (χ0) is 21.1. The fraction of sp³-hybridized carbons (Fsp3) is 0.364. The number of fused-ring (bicyclic) bond motifs is 3. The van der Waals surface area contributed by atoms with Gasteiger partial charge < -0.3 is 14.3 Å². The molecule has 0 fully saturated rings. The van der Waals surface area contributed by atoms with Crippen LogP contribution in [0.25, 0.3) is 16.7 Å². The first kappa shape index (κ1) is 20.0. The van der Waals surface area contributed by atoms with Gasteiger partial charge in [-0.1, -0.05) is 35.5 Å². The van der Waals surface area contributed by atoms with Gasteiger partial charge in [-0.05, 0) is 52.0 Å². The summed E-state index contributed by atoms with van der Waals surface area (Å²) in [6.45, 7) is 6.43. The molecule has 0 amide bonds. The van der Waals surface area contributed by atoms with Gasteiger partial charge in [0.2, 0.25) is 0 Å². The maximum Gasteiger partial charge on any atom is 0.192 e. The van der Waals surface area contributed by atoms with E-state index in [1.165, 1.54) is 11.3 Å². The third-order valence-electron chi connectivity index (χ3n) is 5.25. The molecule has 0 unspecified atom stereocenters. The van der Waals surface area contributed by atoms with E-state index in [0.29, 0.717) is 5.82 Å². The standard InChI is InChI=1S/C22H27N7O/c1-16-17(2)28(12-8-11-27(3)4)21-20(16)22-25-19(26-29(22)15-23-21)14-30-24-13-18-9-6-5-7-10-18/h5-7,9-10,13,15H,8,11-12,14H2,1-4H3/b24-13-. The van der Waals surface area contributed by atoms with Crippen LogP contribution in [0, 0.1) is 13.8 Å². The quantitative estimate of drug-likeness (QED) is 0.332. The molecule has 0 spiro atoms. The van der Waals surface area contributed by atoms with Crippen molar-refractivity contribution in [1.29, 1.82) is 0 Å². The van der Waals surface area contributed by atoms with Crippen LogP contribution in [0.2, 0.25) is 0 Å². The van der Waals surface area contributed by atoms with Crippen LogP contribution < -0.4 is 0 Å². The van der Waals surface area contributed by atoms with Crippen molar-refractivity contribution in [3.8, 4) is 0 Å². The molecule has 8 heteroatoms. The monoisotopic (exact) mass is 405 g/mol. The molecule has 0 aliphatic rings. The predicted molar refractivity (Wildman–Crippen MR) is 118 cm³/mol. The van der Waals surface area contributed by atoms with Gasteiger partial charge in [0.05, 0.1) is 11.6 Å². The van der Waals surface area contributed by atoms with E-state index in [9.17, 15) is 0 Å². The fourth-order valence-electron chi connectivity index (χ4n) is 3.59. The molecule has 4 rings (SSSR count). The van der Waals surface area contributed by atoms with Crippen molar-refractivity contribution >= 4 is 22.9 Å². The molecule has 0 aliphatic carbocycles. The lowest BCUT2D eigenvalue weighted by Crippen LogP contribution is -2.15. The maximum absolute atomic E-state index is 5.40. The molecule has 0 saturated carbocycles. The molecule has 0 atom stereocenters. The van der Waals surface area contributed by atoms with E-state index in [1.807, 2.05) is 30.3 Å². The molecule has 156 valence electrons. The molecule has 1 aromatic carbocycles. The Hall–Kier alpha value is -3.26. The summed E-state index contributed by atoms with van der Waals surface area (Å²) in [5, 5.41) is 9.56. The molecule has 0 N–H and O–H groups in total. The van der Waals surface area contributed by atoms with E-state index >= 15 is 0 Å². The Balaban J connectivity index is 1.56. The van der Waals surface area contributed by atoms with E-state index in [1.54, 1.807) is 17.1 Å². The molecule has 0 radical (unpaired) electrons. The summed E-state index contributed by atoms with van der Waals surface area (Å²) in [5.74, 6) is 0.576. The second-order valence-electron chi connectivity index (χ2n) is 7.68. The van der Waals surface area contributed by atoms with Crippen LogP contribution in [0.3, 0.4) is 0 Å². The second-order valence-corrected chi connectivity index (χ2v) is 7.68. The van der Waals surface area contributed by atoms with Crippen molar-refractivity contribution in [2.45, 2.75) is 33.4 Å². The molecule has 0 bridgehead atoms. The van der Waals surface area contributed by atoms with Gasteiger partial charge in [0.25, 0.3) is 0 Å². The van der Waals surface area contributed by atoms with Gasteiger partial charge in [0.15, 0.2) is 18.1 Å². The normalized spacial score (nSPS) is 12.0. The lowest BCUT2D eigenvalue weighted by molar-refractivity contribution is 0.126. The van der Waals surface area contributed by atoms with Gasteiger partial charge in [0, 0.05) is 12.2 Å². The number of rotatable bonds is 8. The van der Waals surface area contributed by atoms with Crippen molar-refractivity contribution in [1.82, 2.24) is 29.0 Å². The zero-order valence-corrected chi connectivity index (χ0v) is 17.9. The smallest absolute Gasteiger partial charge is 0.192 e. The first-order valence-electron chi connectivity index (χ1n) is 10.1. The van der Waals surface area contributed by atoms with Crippen molar-refractivity contribution < 1.29 is 4.84 Å². The minimum absolute atomic E-state index is 0.202. The lowest BCUT2D eigenvalue weighted by Gasteiger charge is -2.11. The maximum atomic E-state index is 5.40. The molecule has 4 aromatic rings. The summed E-state index contributed by atoms with van der Waals surface area (Å²) >= 11 is 0. The Kier molecular flexibility index (Phi) is 5.76. The largest absolute Gasteiger partial charge is 0.387 e. The molecular weight excluding hydrogens is 378 g/mol. The predicted octanol–water partition coefficient (Wildman–Crippen LogP) is 3.20. The highest BCUT2D eigenvalue weighted by Crippen LogP contribution is 2.27. The lowest BCUT2D eigenvalue weighted by atomic mass is 10.2. The van der Waals surface area contributed by atoms with Crippen molar-refractivity contribution in [2.75, 3.05) is 20.6 Å². The number of oxime groups is 1. The van der Waals surface area contributed by atoms with E-state index in [4.69, 9.17) is 9.82 Å². The average molecular weight is 406 g/mol. The Labute approximate surface area is 175 Å². The average Bonchev–Trinajstić information content (AvgIpc) is 3.26. The van der Waals surface area contributed by atoms with E-state index in [0.717, 1.165) is 41.8 Å². The Morgan fingerprint density at radius 2 is 1.93 bits per heavy atom. The summed E-state index contributed by atoms with van der Waals surface area (Å²) in [4.78, 5) is 17.0. The van der Waals surface area contributed by atoms with Crippen molar-refractivity contribution in [2.24, 2.45) is 5.16 Å². The third-order valence-corrected chi connectivity index (χ3v) is 5.25. The summed E-state index contributed by atoms with van der Waals surface area (Å²) < 4.78 is 4.00. The molecule has 30 heavy (non-hydrogen) atoms. The van der Waals surface area contributed by atoms with Gasteiger partial charge in [-0.2, -0.15) is 0 Å². The minimum Gasteiger partial charge on any atom is -0.387 e. The summed E-state index contributed by atoms with van der Waals surface area (Å²) in [5.41, 5.74) is 5.15. The van der Waals surface area contributed by atoms with Gasteiger partial charge in [-0.3, -0.25) is 0 Å². The van der Waals surface area contributed by atoms with Gasteiger partial charge >= 0.3 is 0 Å². The van der Waals surface area contributed by atoms with Crippen LogP contribution in [-0.4, -0.2) is 55.9 Å². The van der Waals surface area contributed by atoms with Crippen LogP contribution in [0.4, 0.5) is 0 Å². The molecule has 0 aliphatic heterocycles. The second kappa shape index (κ2) is 8.62. The Morgan fingerprint density at radius 3 is 2.70 bits per heavy atom. The Morgan fingerprint density at radius 1 is 1.13 bits per heavy atom. The number of aryl methyl sites for hydroxylation is 2.